The van der Waals surface area contributed by atoms with E-state index in [-0.39, 0.29) is 5.41 Å². The Kier molecular flexibility index (Phi) is 5.69. The van der Waals surface area contributed by atoms with Crippen molar-refractivity contribution in [2.24, 2.45) is 5.41 Å². The van der Waals surface area contributed by atoms with E-state index < -0.39 is 11.6 Å². The van der Waals surface area contributed by atoms with Crippen LogP contribution in [0, 0.1) is 17.0 Å². The van der Waals surface area contributed by atoms with Gasteiger partial charge in [-0.2, -0.15) is 0 Å². The molecule has 0 aliphatic heterocycles. The summed E-state index contributed by atoms with van der Waals surface area (Å²) >= 11 is 0. The second-order valence-electron chi connectivity index (χ2n) is 5.25. The average molecular weight is 257 g/mol. The van der Waals surface area contributed by atoms with Crippen molar-refractivity contribution in [1.29, 1.82) is 0 Å². The molecule has 0 saturated carbocycles. The fourth-order valence-corrected chi connectivity index (χ4v) is 1.84. The molecule has 1 N–H and O–H groups in total. The fourth-order valence-electron chi connectivity index (χ4n) is 1.84. The predicted octanol–water partition coefficient (Wildman–Crippen LogP) is 2.77. The summed E-state index contributed by atoms with van der Waals surface area (Å²) < 4.78 is 31.3. The summed E-state index contributed by atoms with van der Waals surface area (Å²) in [6, 6.07) is 3.75. The van der Waals surface area contributed by atoms with Gasteiger partial charge in [0.05, 0.1) is 6.61 Å². The summed E-state index contributed by atoms with van der Waals surface area (Å²) in [5.74, 6) is -1.01. The summed E-state index contributed by atoms with van der Waals surface area (Å²) in [6.07, 6.45) is 0.569. The van der Waals surface area contributed by atoms with Crippen LogP contribution in [0.2, 0.25) is 0 Å². The lowest BCUT2D eigenvalue weighted by atomic mass is 9.85. The van der Waals surface area contributed by atoms with Gasteiger partial charge in [0.25, 0.3) is 0 Å². The van der Waals surface area contributed by atoms with Crippen LogP contribution in [0.3, 0.4) is 0 Å². The van der Waals surface area contributed by atoms with Crippen LogP contribution in [-0.4, -0.2) is 26.8 Å². The first-order chi connectivity index (χ1) is 8.44. The molecule has 0 saturated heterocycles. The van der Waals surface area contributed by atoms with E-state index in [0.717, 1.165) is 19.2 Å². The van der Waals surface area contributed by atoms with E-state index in [9.17, 15) is 8.78 Å². The Morgan fingerprint density at radius 1 is 1.28 bits per heavy atom. The van der Waals surface area contributed by atoms with Crippen LogP contribution in [0.15, 0.2) is 18.2 Å². The third kappa shape index (κ3) is 5.10. The van der Waals surface area contributed by atoms with Gasteiger partial charge in [0.2, 0.25) is 0 Å². The summed E-state index contributed by atoms with van der Waals surface area (Å²) in [7, 11) is 1.65. The number of rotatable bonds is 7. The zero-order valence-electron chi connectivity index (χ0n) is 11.2. The number of hydrogen-bond acceptors (Lipinski definition) is 2. The van der Waals surface area contributed by atoms with Crippen molar-refractivity contribution in [1.82, 2.24) is 5.32 Å². The van der Waals surface area contributed by atoms with E-state index in [0.29, 0.717) is 18.6 Å². The maximum Gasteiger partial charge on any atom is 0.129 e. The lowest BCUT2D eigenvalue weighted by Gasteiger charge is -2.25. The Labute approximate surface area is 107 Å². The molecule has 0 fully saturated rings. The van der Waals surface area contributed by atoms with E-state index in [1.54, 1.807) is 7.11 Å². The maximum absolute atomic E-state index is 13.5. The zero-order chi connectivity index (χ0) is 13.6. The average Bonchev–Trinajstić information content (AvgIpc) is 2.28. The van der Waals surface area contributed by atoms with Gasteiger partial charge >= 0.3 is 0 Å². The molecule has 0 spiro atoms. The Balaban J connectivity index is 2.53. The number of ether oxygens (including phenoxy) is 1. The number of halogens is 2. The van der Waals surface area contributed by atoms with Crippen molar-refractivity contribution in [3.8, 4) is 0 Å². The summed E-state index contributed by atoms with van der Waals surface area (Å²) in [4.78, 5) is 0. The first-order valence-electron chi connectivity index (χ1n) is 6.08. The number of hydrogen-bond donors (Lipinski definition) is 1. The highest BCUT2D eigenvalue weighted by Gasteiger charge is 2.20. The number of nitrogens with one attached hydrogen (secondary N) is 1. The van der Waals surface area contributed by atoms with Gasteiger partial charge in [0.15, 0.2) is 0 Å². The molecule has 0 heterocycles. The fraction of sp³-hybridized carbons (Fsp3) is 0.571. The van der Waals surface area contributed by atoms with E-state index in [1.807, 2.05) is 0 Å². The SMILES string of the molecule is COCCNCC(C)(C)Cc1ccc(F)cc1F. The Bertz CT molecular complexity index is 380. The molecule has 2 nitrogen and oxygen atoms in total. The first kappa shape index (κ1) is 15.1. The molecule has 1 aromatic carbocycles. The topological polar surface area (TPSA) is 21.3 Å². The van der Waals surface area contributed by atoms with Crippen molar-refractivity contribution in [2.45, 2.75) is 20.3 Å². The maximum atomic E-state index is 13.5. The van der Waals surface area contributed by atoms with Crippen molar-refractivity contribution >= 4 is 0 Å². The van der Waals surface area contributed by atoms with E-state index >= 15 is 0 Å². The van der Waals surface area contributed by atoms with Crippen LogP contribution in [0.4, 0.5) is 8.78 Å². The molecule has 1 aromatic rings. The molecule has 0 aromatic heterocycles. The van der Waals surface area contributed by atoms with Gasteiger partial charge in [-0.05, 0) is 23.5 Å². The quantitative estimate of drug-likeness (QED) is 0.758. The highest BCUT2D eigenvalue weighted by atomic mass is 19.1. The number of methoxy groups -OCH3 is 1. The van der Waals surface area contributed by atoms with Gasteiger partial charge in [-0.3, -0.25) is 0 Å². The lowest BCUT2D eigenvalue weighted by molar-refractivity contribution is 0.193. The van der Waals surface area contributed by atoms with Gasteiger partial charge in [0, 0.05) is 26.3 Å². The smallest absolute Gasteiger partial charge is 0.129 e. The van der Waals surface area contributed by atoms with Crippen LogP contribution >= 0.6 is 0 Å². The van der Waals surface area contributed by atoms with E-state index in [2.05, 4.69) is 19.2 Å². The minimum absolute atomic E-state index is 0.0909. The highest BCUT2D eigenvalue weighted by molar-refractivity contribution is 5.19. The molecule has 102 valence electrons. The second kappa shape index (κ2) is 6.81. The van der Waals surface area contributed by atoms with Crippen molar-refractivity contribution < 1.29 is 13.5 Å². The highest BCUT2D eigenvalue weighted by Crippen LogP contribution is 2.23. The van der Waals surface area contributed by atoms with Crippen molar-refractivity contribution in [3.63, 3.8) is 0 Å². The van der Waals surface area contributed by atoms with Crippen LogP contribution < -0.4 is 5.32 Å². The minimum atomic E-state index is -0.535. The van der Waals surface area contributed by atoms with Crippen LogP contribution in [0.5, 0.6) is 0 Å². The van der Waals surface area contributed by atoms with Gasteiger partial charge in [0.1, 0.15) is 11.6 Å². The Hall–Kier alpha value is -1.00. The molecule has 0 aliphatic carbocycles. The van der Waals surface area contributed by atoms with E-state index in [4.69, 9.17) is 4.74 Å². The van der Waals surface area contributed by atoms with Crippen LogP contribution in [-0.2, 0) is 11.2 Å². The van der Waals surface area contributed by atoms with Crippen LogP contribution in [0.25, 0.3) is 0 Å². The molecule has 0 amide bonds. The number of benzene rings is 1. The van der Waals surface area contributed by atoms with Crippen LogP contribution in [0.1, 0.15) is 19.4 Å². The molecule has 0 bridgehead atoms. The summed E-state index contributed by atoms with van der Waals surface area (Å²) in [6.45, 7) is 6.28. The molecule has 18 heavy (non-hydrogen) atoms. The molecular formula is C14H21F2NO. The third-order valence-corrected chi connectivity index (χ3v) is 2.77. The molecule has 0 unspecified atom stereocenters. The van der Waals surface area contributed by atoms with Gasteiger partial charge in [-0.1, -0.05) is 19.9 Å². The molecule has 0 aliphatic rings. The standard InChI is InChI=1S/C14H21F2NO/c1-14(2,10-17-6-7-18-3)9-11-4-5-12(15)8-13(11)16/h4-5,8,17H,6-7,9-10H2,1-3H3. The molecule has 0 atom stereocenters. The van der Waals surface area contributed by atoms with Crippen molar-refractivity contribution in [2.75, 3.05) is 26.8 Å². The summed E-state index contributed by atoms with van der Waals surface area (Å²) in [5.41, 5.74) is 0.460. The van der Waals surface area contributed by atoms with Gasteiger partial charge < -0.3 is 10.1 Å². The summed E-state index contributed by atoms with van der Waals surface area (Å²) in [5, 5.41) is 3.26. The molecule has 1 rings (SSSR count). The monoisotopic (exact) mass is 257 g/mol. The Morgan fingerprint density at radius 3 is 2.61 bits per heavy atom. The molecule has 4 heteroatoms. The third-order valence-electron chi connectivity index (χ3n) is 2.77. The Morgan fingerprint density at radius 2 is 2.00 bits per heavy atom. The zero-order valence-corrected chi connectivity index (χ0v) is 11.2. The first-order valence-corrected chi connectivity index (χ1v) is 6.08. The second-order valence-corrected chi connectivity index (χ2v) is 5.25. The molecular weight excluding hydrogens is 236 g/mol. The molecule has 0 radical (unpaired) electrons. The predicted molar refractivity (Wildman–Crippen MR) is 68.6 cm³/mol. The van der Waals surface area contributed by atoms with Gasteiger partial charge in [-0.15, -0.1) is 0 Å². The largest absolute Gasteiger partial charge is 0.383 e. The van der Waals surface area contributed by atoms with Gasteiger partial charge in [-0.25, -0.2) is 8.78 Å². The minimum Gasteiger partial charge on any atom is -0.383 e. The normalized spacial score (nSPS) is 11.8. The van der Waals surface area contributed by atoms with E-state index in [1.165, 1.54) is 12.1 Å². The van der Waals surface area contributed by atoms with Crippen molar-refractivity contribution in [3.05, 3.63) is 35.4 Å². The lowest BCUT2D eigenvalue weighted by Crippen LogP contribution is -2.33.